The van der Waals surface area contributed by atoms with Crippen LogP contribution in [0.25, 0.3) is 0 Å². The lowest BCUT2D eigenvalue weighted by Gasteiger charge is -2.33. The second-order valence-corrected chi connectivity index (χ2v) is 18.2. The van der Waals surface area contributed by atoms with Gasteiger partial charge in [0.1, 0.15) is 42.3 Å². The van der Waals surface area contributed by atoms with Gasteiger partial charge >= 0.3 is 5.97 Å². The minimum absolute atomic E-state index is 0.0997. The Morgan fingerprint density at radius 3 is 1.98 bits per heavy atom. The Morgan fingerprint density at radius 2 is 1.41 bits per heavy atom. The van der Waals surface area contributed by atoms with Crippen molar-refractivity contribution in [1.29, 1.82) is 0 Å². The van der Waals surface area contributed by atoms with E-state index in [1.165, 1.54) is 11.8 Å². The molecular weight excluding hydrogens is 867 g/mol. The summed E-state index contributed by atoms with van der Waals surface area (Å²) in [4.78, 5) is 108. The van der Waals surface area contributed by atoms with Crippen LogP contribution in [0.1, 0.15) is 97.0 Å². The number of aliphatic hydroxyl groups excluding tert-OH is 1. The van der Waals surface area contributed by atoms with Gasteiger partial charge in [0, 0.05) is 36.4 Å². The van der Waals surface area contributed by atoms with Crippen molar-refractivity contribution in [3.8, 4) is 0 Å². The highest BCUT2D eigenvalue weighted by molar-refractivity contribution is 7.81. The van der Waals surface area contributed by atoms with E-state index >= 15 is 0 Å². The van der Waals surface area contributed by atoms with Gasteiger partial charge in [-0.3, -0.25) is 33.6 Å². The van der Waals surface area contributed by atoms with Crippen molar-refractivity contribution in [3.63, 3.8) is 0 Å². The number of carbonyl (C=O) groups excluding carboxylic acids is 7. The number of thiol groups is 2. The van der Waals surface area contributed by atoms with Crippen LogP contribution in [-0.4, -0.2) is 141 Å². The summed E-state index contributed by atoms with van der Waals surface area (Å²) in [6.07, 6.45) is 4.85. The van der Waals surface area contributed by atoms with Gasteiger partial charge in [0.2, 0.25) is 41.4 Å². The van der Waals surface area contributed by atoms with Crippen LogP contribution in [0.4, 0.5) is 0 Å². The van der Waals surface area contributed by atoms with Crippen LogP contribution in [-0.2, 0) is 44.8 Å². The first kappa shape index (κ1) is 53.9. The molecule has 1 aromatic rings. The van der Waals surface area contributed by atoms with Crippen LogP contribution >= 0.6 is 25.3 Å². The number of nitrogens with one attached hydrogen (secondary N) is 6. The Kier molecular flexibility index (Phi) is 22.3. The number of nitrogens with zero attached hydrogens (tertiary/aromatic N) is 1. The lowest BCUT2D eigenvalue weighted by Crippen LogP contribution is -2.63. The van der Waals surface area contributed by atoms with Crippen LogP contribution < -0.4 is 43.4 Å². The van der Waals surface area contributed by atoms with E-state index < -0.39 is 107 Å². The average molecular weight is 936 g/mol. The number of aliphatic carboxylic acids is 1. The second kappa shape index (κ2) is 26.5. The maximum atomic E-state index is 14.0. The third kappa shape index (κ3) is 16.2. The molecule has 0 radical (unpaired) electrons. The van der Waals surface area contributed by atoms with E-state index in [0.29, 0.717) is 19.3 Å². The molecule has 19 nitrogen and oxygen atoms in total. The van der Waals surface area contributed by atoms with Crippen molar-refractivity contribution in [2.75, 3.05) is 25.4 Å². The summed E-state index contributed by atoms with van der Waals surface area (Å²) in [5, 5.41) is 35.8. The summed E-state index contributed by atoms with van der Waals surface area (Å²) < 4.78 is -0.487. The smallest absolute Gasteiger partial charge is 0.326 e. The van der Waals surface area contributed by atoms with Crippen molar-refractivity contribution in [3.05, 3.63) is 35.9 Å². The number of carboxylic acids is 1. The summed E-state index contributed by atoms with van der Waals surface area (Å²) in [6.45, 7) is 4.70. The van der Waals surface area contributed by atoms with Crippen molar-refractivity contribution < 1.29 is 48.6 Å². The molecule has 358 valence electrons. The number of carbonyl (C=O) groups is 8. The monoisotopic (exact) mass is 935 g/mol. The van der Waals surface area contributed by atoms with Crippen LogP contribution in [0, 0.1) is 5.92 Å². The number of rotatable bonds is 25. The van der Waals surface area contributed by atoms with Crippen molar-refractivity contribution in [2.45, 2.75) is 151 Å². The fourth-order valence-corrected chi connectivity index (χ4v) is 8.60. The van der Waals surface area contributed by atoms with E-state index in [1.807, 2.05) is 30.3 Å². The Hall–Kier alpha value is -4.44. The molecule has 1 aliphatic carbocycles. The summed E-state index contributed by atoms with van der Waals surface area (Å²) in [5.41, 5.74) is 12.2. The number of hydrogen-bond donors (Lipinski definition) is 12. The molecule has 1 saturated heterocycles. The second-order valence-electron chi connectivity index (χ2n) is 16.9. The van der Waals surface area contributed by atoms with Crippen LogP contribution in [0.2, 0.25) is 0 Å². The minimum Gasteiger partial charge on any atom is -0.480 e. The van der Waals surface area contributed by atoms with Gasteiger partial charge in [-0.1, -0.05) is 69.9 Å². The Bertz CT molecular complexity index is 1750. The third-order valence-corrected chi connectivity index (χ3v) is 12.9. The van der Waals surface area contributed by atoms with Crippen LogP contribution in [0.5, 0.6) is 0 Å². The quantitative estimate of drug-likeness (QED) is 0.0542. The zero-order valence-electron chi connectivity index (χ0n) is 37.1. The van der Waals surface area contributed by atoms with Crippen molar-refractivity contribution >= 4 is 72.6 Å². The fraction of sp³-hybridized carbons (Fsp3) is 0.674. The largest absolute Gasteiger partial charge is 0.480 e. The molecule has 3 rings (SSSR count). The van der Waals surface area contributed by atoms with E-state index in [4.69, 9.17) is 24.1 Å². The average Bonchev–Trinajstić information content (AvgIpc) is 3.76. The molecule has 0 aromatic heterocycles. The van der Waals surface area contributed by atoms with Gasteiger partial charge < -0.3 is 58.5 Å². The molecule has 21 heteroatoms. The molecule has 64 heavy (non-hydrogen) atoms. The first-order chi connectivity index (χ1) is 30.4. The van der Waals surface area contributed by atoms with E-state index in [9.17, 15) is 48.6 Å². The predicted octanol–water partition coefficient (Wildman–Crippen LogP) is -0.709. The van der Waals surface area contributed by atoms with Gasteiger partial charge in [-0.25, -0.2) is 4.79 Å². The predicted molar refractivity (Wildman–Crippen MR) is 246 cm³/mol. The van der Waals surface area contributed by atoms with Crippen LogP contribution in [0.3, 0.4) is 0 Å². The van der Waals surface area contributed by atoms with Gasteiger partial charge in [0.25, 0.3) is 0 Å². The lowest BCUT2D eigenvalue weighted by atomic mass is 9.85. The normalized spacial score (nSPS) is 19.6. The number of amides is 7. The number of nitrogens with two attached hydrogens (primary N) is 2. The number of carboxylic acid groups (broad SMARTS) is 1. The molecule has 2 fully saturated rings. The van der Waals surface area contributed by atoms with E-state index in [0.717, 1.165) is 37.7 Å². The highest BCUT2D eigenvalue weighted by atomic mass is 32.1. The highest BCUT2D eigenvalue weighted by Crippen LogP contribution is 2.36. The molecule has 2 aliphatic rings. The minimum atomic E-state index is -1.63. The zero-order valence-corrected chi connectivity index (χ0v) is 38.8. The SMILES string of the molecule is CC[C@H](C)[C@H](NC(=O)[C@@H](Cc1ccccc1)NC(=O)CC1(S)CCCCC1)C(=O)N[C@H](C(=O)N[C@@H](CN)C(=O)N[C@@H](CS)C(=O)N1CCC[C@H]1C(=O)N[C@@H](CCCN)C(=O)O)[C@@H](C)O. The summed E-state index contributed by atoms with van der Waals surface area (Å²) in [7, 11) is 0. The summed E-state index contributed by atoms with van der Waals surface area (Å²) in [5.74, 6) is -6.93. The highest BCUT2D eigenvalue weighted by Gasteiger charge is 2.40. The van der Waals surface area contributed by atoms with Gasteiger partial charge in [-0.2, -0.15) is 25.3 Å². The molecule has 0 unspecified atom stereocenters. The molecule has 9 atom stereocenters. The summed E-state index contributed by atoms with van der Waals surface area (Å²) >= 11 is 9.05. The summed E-state index contributed by atoms with van der Waals surface area (Å²) in [6, 6.07) is 0.219. The lowest BCUT2D eigenvalue weighted by molar-refractivity contribution is -0.145. The molecule has 0 bridgehead atoms. The van der Waals surface area contributed by atoms with Gasteiger partial charge in [-0.15, -0.1) is 0 Å². The molecule has 1 aliphatic heterocycles. The van der Waals surface area contributed by atoms with Crippen molar-refractivity contribution in [2.24, 2.45) is 17.4 Å². The van der Waals surface area contributed by atoms with Gasteiger partial charge in [-0.05, 0) is 63.5 Å². The first-order valence-corrected chi connectivity index (χ1v) is 23.3. The Labute approximate surface area is 386 Å². The molecular formula is C43H69N9O10S2. The molecule has 0 spiro atoms. The maximum absolute atomic E-state index is 14.0. The van der Waals surface area contributed by atoms with Gasteiger partial charge in [0.15, 0.2) is 0 Å². The van der Waals surface area contributed by atoms with Crippen LogP contribution in [0.15, 0.2) is 30.3 Å². The Morgan fingerprint density at radius 1 is 0.797 bits per heavy atom. The van der Waals surface area contributed by atoms with Crippen molar-refractivity contribution in [1.82, 2.24) is 36.8 Å². The number of aliphatic hydroxyl groups is 1. The Balaban J connectivity index is 1.71. The molecule has 1 heterocycles. The van der Waals surface area contributed by atoms with E-state index in [-0.39, 0.29) is 50.4 Å². The third-order valence-electron chi connectivity index (χ3n) is 11.9. The van der Waals surface area contributed by atoms with E-state index in [1.54, 1.807) is 13.8 Å². The maximum Gasteiger partial charge on any atom is 0.326 e. The molecule has 12 N–H and O–H groups in total. The zero-order chi connectivity index (χ0) is 47.6. The molecule has 1 saturated carbocycles. The number of likely N-dealkylation sites (tertiary alicyclic amines) is 1. The number of hydrogen-bond acceptors (Lipinski definition) is 13. The topological polar surface area (TPSA) is 304 Å². The first-order valence-electron chi connectivity index (χ1n) is 22.2. The fourth-order valence-electron chi connectivity index (χ4n) is 7.90. The number of benzene rings is 1. The molecule has 7 amide bonds. The van der Waals surface area contributed by atoms with E-state index in [2.05, 4.69) is 44.5 Å². The standard InChI is InChI=1S/C43H69N9O10S2/c1-4-25(2)34(50-36(55)29(21-27-13-7-5-8-14-27)46-33(54)22-43(64)17-9-6-10-18-43)39(58)51-35(26(3)53)40(59)48-30(23-45)37(56)49-31(24-63)41(60)52-20-12-16-32(52)38(57)47-28(42(61)62)15-11-19-44/h5,7-8,13-14,25-26,28-32,34-35,53,63-64H,4,6,9-12,15-24,44-45H2,1-3H3,(H,46,54)(H,47,57)(H,48,59)(H,49,56)(H,50,55)(H,51,58)(H,61,62)/t25-,26+,28-,29+,30-,31-,32-,34-,35-/m0/s1. The van der Waals surface area contributed by atoms with Gasteiger partial charge in [0.05, 0.1) is 6.10 Å². The molecule has 1 aromatic carbocycles.